The fourth-order valence-electron chi connectivity index (χ4n) is 2.52. The minimum Gasteiger partial charge on any atom is -0.369 e. The maximum Gasteiger partial charge on any atom is 0.250 e. The molecule has 0 aromatic carbocycles. The van der Waals surface area contributed by atoms with Gasteiger partial charge in [-0.15, -0.1) is 0 Å². The van der Waals surface area contributed by atoms with Crippen molar-refractivity contribution < 1.29 is 9.59 Å². The van der Waals surface area contributed by atoms with Crippen molar-refractivity contribution in [2.45, 2.75) is 12.8 Å². The average molecular weight is 264 g/mol. The summed E-state index contributed by atoms with van der Waals surface area (Å²) in [6.45, 7) is 3.07. The first-order valence-corrected chi connectivity index (χ1v) is 6.50. The third-order valence-electron chi connectivity index (χ3n) is 3.53. The molecule has 2 amide bonds. The van der Waals surface area contributed by atoms with Crippen molar-refractivity contribution in [2.75, 3.05) is 26.3 Å². The number of piperidine rings is 1. The lowest BCUT2D eigenvalue weighted by molar-refractivity contribution is -0.123. The van der Waals surface area contributed by atoms with E-state index in [4.69, 9.17) is 11.5 Å². The lowest BCUT2D eigenvalue weighted by Gasteiger charge is -2.35. The lowest BCUT2D eigenvalue weighted by atomic mass is 9.98. The number of hydrogen-bond acceptors (Lipinski definition) is 4. The fourth-order valence-corrected chi connectivity index (χ4v) is 2.52. The number of carbonyl (C=O) groups is 2. The summed E-state index contributed by atoms with van der Waals surface area (Å²) < 4.78 is 0. The molecular weight excluding hydrogens is 244 g/mol. The molecule has 1 atom stereocenters. The maximum absolute atomic E-state index is 11.2. The predicted octanol–water partition coefficient (Wildman–Crippen LogP) is -0.618. The van der Waals surface area contributed by atoms with Crippen molar-refractivity contribution in [1.29, 1.82) is 0 Å². The van der Waals surface area contributed by atoms with Crippen molar-refractivity contribution in [2.24, 2.45) is 17.4 Å². The van der Waals surface area contributed by atoms with Gasteiger partial charge in [0.1, 0.15) is 0 Å². The topological polar surface area (TPSA) is 92.7 Å². The zero-order chi connectivity index (χ0) is 13.8. The second kappa shape index (κ2) is 5.88. The van der Waals surface area contributed by atoms with Crippen LogP contribution in [0.25, 0.3) is 0 Å². The van der Waals surface area contributed by atoms with E-state index in [1.807, 2.05) is 11.0 Å². The van der Waals surface area contributed by atoms with Crippen molar-refractivity contribution >= 4 is 11.8 Å². The monoisotopic (exact) mass is 264 g/mol. The van der Waals surface area contributed by atoms with Crippen LogP contribution in [0.4, 0.5) is 0 Å². The molecule has 1 saturated heterocycles. The van der Waals surface area contributed by atoms with Gasteiger partial charge in [-0.3, -0.25) is 14.5 Å². The highest BCUT2D eigenvalue weighted by molar-refractivity contribution is 5.94. The molecule has 2 aliphatic rings. The zero-order valence-corrected chi connectivity index (χ0v) is 10.9. The van der Waals surface area contributed by atoms with E-state index in [0.29, 0.717) is 18.8 Å². The Bertz CT molecular complexity index is 430. The van der Waals surface area contributed by atoms with Gasteiger partial charge < -0.3 is 16.4 Å². The summed E-state index contributed by atoms with van der Waals surface area (Å²) in [5, 5.41) is 0. The molecule has 19 heavy (non-hydrogen) atoms. The van der Waals surface area contributed by atoms with E-state index in [1.54, 1.807) is 12.3 Å². The largest absolute Gasteiger partial charge is 0.369 e. The Morgan fingerprint density at radius 2 is 2.16 bits per heavy atom. The molecule has 4 N–H and O–H groups in total. The Labute approximate surface area is 112 Å². The number of rotatable bonds is 4. The van der Waals surface area contributed by atoms with Gasteiger partial charge in [-0.1, -0.05) is 12.2 Å². The van der Waals surface area contributed by atoms with Crippen LogP contribution in [-0.4, -0.2) is 47.9 Å². The number of amides is 2. The van der Waals surface area contributed by atoms with Gasteiger partial charge in [0.05, 0.1) is 18.2 Å². The number of likely N-dealkylation sites (tertiary alicyclic amines) is 1. The zero-order valence-electron chi connectivity index (χ0n) is 10.9. The molecule has 0 aliphatic carbocycles. The summed E-state index contributed by atoms with van der Waals surface area (Å²) in [6.07, 6.45) is 7.27. The van der Waals surface area contributed by atoms with E-state index in [9.17, 15) is 9.59 Å². The highest BCUT2D eigenvalue weighted by Gasteiger charge is 2.24. The molecule has 0 radical (unpaired) electrons. The summed E-state index contributed by atoms with van der Waals surface area (Å²) in [5.74, 6) is -0.708. The summed E-state index contributed by atoms with van der Waals surface area (Å²) in [7, 11) is 0. The van der Waals surface area contributed by atoms with Crippen LogP contribution < -0.4 is 11.5 Å². The molecule has 2 heterocycles. The molecular formula is C13H20N4O2. The summed E-state index contributed by atoms with van der Waals surface area (Å²) >= 11 is 0. The molecule has 0 spiro atoms. The van der Waals surface area contributed by atoms with E-state index in [1.165, 1.54) is 0 Å². The van der Waals surface area contributed by atoms with Crippen LogP contribution >= 0.6 is 0 Å². The van der Waals surface area contributed by atoms with E-state index in [2.05, 4.69) is 4.90 Å². The van der Waals surface area contributed by atoms with Crippen LogP contribution in [0.1, 0.15) is 12.8 Å². The minimum absolute atomic E-state index is 0.0614. The molecule has 1 fully saturated rings. The van der Waals surface area contributed by atoms with Crippen molar-refractivity contribution in [3.63, 3.8) is 0 Å². The molecule has 6 nitrogen and oxygen atoms in total. The molecule has 2 rings (SSSR count). The first-order chi connectivity index (χ1) is 9.06. The number of carbonyl (C=O) groups excluding carboxylic acids is 2. The van der Waals surface area contributed by atoms with Gasteiger partial charge in [0.2, 0.25) is 11.8 Å². The normalized spacial score (nSPS) is 24.1. The Hall–Kier alpha value is -1.82. The van der Waals surface area contributed by atoms with Crippen LogP contribution in [0.5, 0.6) is 0 Å². The van der Waals surface area contributed by atoms with Crippen LogP contribution in [-0.2, 0) is 9.59 Å². The van der Waals surface area contributed by atoms with E-state index in [-0.39, 0.29) is 11.8 Å². The molecule has 0 aromatic rings. The Morgan fingerprint density at radius 3 is 2.84 bits per heavy atom. The Morgan fingerprint density at radius 1 is 1.37 bits per heavy atom. The van der Waals surface area contributed by atoms with Crippen LogP contribution in [0, 0.1) is 5.92 Å². The first kappa shape index (κ1) is 13.6. The third kappa shape index (κ3) is 3.57. The molecule has 0 bridgehead atoms. The van der Waals surface area contributed by atoms with Crippen molar-refractivity contribution in [3.05, 3.63) is 23.9 Å². The second-order valence-corrected chi connectivity index (χ2v) is 5.08. The summed E-state index contributed by atoms with van der Waals surface area (Å²) in [6, 6.07) is 0. The molecule has 0 saturated carbocycles. The molecule has 1 unspecified atom stereocenters. The van der Waals surface area contributed by atoms with Crippen molar-refractivity contribution in [1.82, 2.24) is 9.80 Å². The van der Waals surface area contributed by atoms with E-state index >= 15 is 0 Å². The van der Waals surface area contributed by atoms with Gasteiger partial charge in [0.25, 0.3) is 0 Å². The second-order valence-electron chi connectivity index (χ2n) is 5.08. The fraction of sp³-hybridized carbons (Fsp3) is 0.538. The number of hydrogen-bond donors (Lipinski definition) is 2. The Balaban J connectivity index is 1.92. The van der Waals surface area contributed by atoms with Crippen LogP contribution in [0.2, 0.25) is 0 Å². The number of nitrogens with zero attached hydrogens (tertiary/aromatic N) is 2. The smallest absolute Gasteiger partial charge is 0.250 e. The maximum atomic E-state index is 11.2. The lowest BCUT2D eigenvalue weighted by Crippen LogP contribution is -2.45. The van der Waals surface area contributed by atoms with E-state index in [0.717, 1.165) is 25.9 Å². The van der Waals surface area contributed by atoms with E-state index < -0.39 is 5.91 Å². The SMILES string of the molecule is NC(=O)C1=CN(CN2CCCC(C(N)=O)C2)CC=C1. The molecule has 6 heteroatoms. The van der Waals surface area contributed by atoms with Gasteiger partial charge >= 0.3 is 0 Å². The Kier molecular flexibility index (Phi) is 4.21. The standard InChI is InChI=1S/C13H20N4O2/c14-12(18)10-3-1-5-16(7-10)9-17-6-2-4-11(8-17)13(15)19/h1,3,7,11H,2,4-6,8-9H2,(H2,14,18)(H2,15,19). The van der Waals surface area contributed by atoms with Gasteiger partial charge in [-0.2, -0.15) is 0 Å². The molecule has 2 aliphatic heterocycles. The van der Waals surface area contributed by atoms with Crippen LogP contribution in [0.3, 0.4) is 0 Å². The third-order valence-corrected chi connectivity index (χ3v) is 3.53. The van der Waals surface area contributed by atoms with Crippen molar-refractivity contribution in [3.8, 4) is 0 Å². The van der Waals surface area contributed by atoms with Gasteiger partial charge in [-0.25, -0.2) is 0 Å². The molecule has 0 aromatic heterocycles. The van der Waals surface area contributed by atoms with Gasteiger partial charge in [-0.05, 0) is 19.4 Å². The highest BCUT2D eigenvalue weighted by Crippen LogP contribution is 2.17. The average Bonchev–Trinajstić information content (AvgIpc) is 2.39. The minimum atomic E-state index is -0.422. The number of nitrogens with two attached hydrogens (primary N) is 2. The predicted molar refractivity (Wildman–Crippen MR) is 71.5 cm³/mol. The quantitative estimate of drug-likeness (QED) is 0.708. The first-order valence-electron chi connectivity index (χ1n) is 6.50. The van der Waals surface area contributed by atoms with Crippen LogP contribution in [0.15, 0.2) is 23.9 Å². The summed E-state index contributed by atoms with van der Waals surface area (Å²) in [5.41, 5.74) is 11.1. The number of primary amides is 2. The van der Waals surface area contributed by atoms with Gasteiger partial charge in [0, 0.05) is 19.3 Å². The highest BCUT2D eigenvalue weighted by atomic mass is 16.1. The van der Waals surface area contributed by atoms with Gasteiger partial charge in [0.15, 0.2) is 0 Å². The summed E-state index contributed by atoms with van der Waals surface area (Å²) in [4.78, 5) is 26.6. The molecule has 104 valence electrons.